The summed E-state index contributed by atoms with van der Waals surface area (Å²) in [5.41, 5.74) is 1.93. The van der Waals surface area contributed by atoms with Crippen molar-refractivity contribution in [3.8, 4) is 11.4 Å². The van der Waals surface area contributed by atoms with Crippen molar-refractivity contribution in [2.75, 3.05) is 20.1 Å². The van der Waals surface area contributed by atoms with Crippen molar-refractivity contribution in [1.82, 2.24) is 19.8 Å². The number of H-pyrrole nitrogens is 1. The van der Waals surface area contributed by atoms with E-state index in [-0.39, 0.29) is 17.5 Å². The zero-order valence-electron chi connectivity index (χ0n) is 15.5. The summed E-state index contributed by atoms with van der Waals surface area (Å²) in [6.45, 7) is 2.02. The van der Waals surface area contributed by atoms with Gasteiger partial charge in [0.2, 0.25) is 5.91 Å². The summed E-state index contributed by atoms with van der Waals surface area (Å²) in [6.07, 6.45) is 4.92. The van der Waals surface area contributed by atoms with Crippen LogP contribution in [0.25, 0.3) is 11.4 Å². The Balaban J connectivity index is 1.53. The minimum Gasteiger partial charge on any atom is -0.340 e. The van der Waals surface area contributed by atoms with Crippen LogP contribution in [0.1, 0.15) is 37.1 Å². The molecule has 0 unspecified atom stereocenters. The number of benzene rings is 1. The second kappa shape index (κ2) is 7.38. The summed E-state index contributed by atoms with van der Waals surface area (Å²) in [5, 5.41) is 0. The second-order valence-corrected chi connectivity index (χ2v) is 7.49. The predicted octanol–water partition coefficient (Wildman–Crippen LogP) is 3.11. The number of hydrogen-bond acceptors (Lipinski definition) is 3. The van der Waals surface area contributed by atoms with Crippen molar-refractivity contribution < 1.29 is 13.6 Å². The molecule has 0 aliphatic carbocycles. The molecule has 2 aliphatic rings. The maximum absolute atomic E-state index is 14.1. The summed E-state index contributed by atoms with van der Waals surface area (Å²) in [7, 11) is 2.02. The van der Waals surface area contributed by atoms with Crippen LogP contribution in [-0.4, -0.2) is 51.9 Å². The molecule has 144 valence electrons. The van der Waals surface area contributed by atoms with Crippen LogP contribution in [0.15, 0.2) is 18.2 Å². The zero-order valence-corrected chi connectivity index (χ0v) is 15.5. The number of imidazole rings is 1. The van der Waals surface area contributed by atoms with Crippen molar-refractivity contribution in [1.29, 1.82) is 0 Å². The van der Waals surface area contributed by atoms with Crippen molar-refractivity contribution in [3.63, 3.8) is 0 Å². The molecule has 1 aromatic heterocycles. The van der Waals surface area contributed by atoms with Gasteiger partial charge in [-0.15, -0.1) is 0 Å². The molecule has 27 heavy (non-hydrogen) atoms. The van der Waals surface area contributed by atoms with E-state index < -0.39 is 11.6 Å². The van der Waals surface area contributed by atoms with Crippen molar-refractivity contribution >= 4 is 5.91 Å². The summed E-state index contributed by atoms with van der Waals surface area (Å²) >= 11 is 0. The Bertz CT molecular complexity index is 851. The van der Waals surface area contributed by atoms with Gasteiger partial charge >= 0.3 is 0 Å². The fraction of sp³-hybridized carbons (Fsp3) is 0.500. The number of carbonyl (C=O) groups excluding carboxylic acids is 1. The standard InChI is InChI=1S/C20H24F2N4O/c1-25-9-4-2-3-5-18(25)20(27)26-10-8-16-17(12-26)24-19(23-16)14-7-6-13(21)11-15(14)22/h6-7,11,18H,2-5,8-10,12H2,1H3,(H,23,24)/t18-/m0/s1. The molecule has 1 saturated heterocycles. The van der Waals surface area contributed by atoms with Gasteiger partial charge in [0, 0.05) is 19.0 Å². The third-order valence-electron chi connectivity index (χ3n) is 5.64. The number of rotatable bonds is 2. The predicted molar refractivity (Wildman–Crippen MR) is 97.9 cm³/mol. The molecule has 1 atom stereocenters. The molecule has 5 nitrogen and oxygen atoms in total. The lowest BCUT2D eigenvalue weighted by Crippen LogP contribution is -2.48. The highest BCUT2D eigenvalue weighted by atomic mass is 19.1. The monoisotopic (exact) mass is 374 g/mol. The molecule has 4 rings (SSSR count). The summed E-state index contributed by atoms with van der Waals surface area (Å²) in [4.78, 5) is 24.7. The summed E-state index contributed by atoms with van der Waals surface area (Å²) in [6, 6.07) is 3.40. The fourth-order valence-electron chi connectivity index (χ4n) is 4.07. The van der Waals surface area contributed by atoms with E-state index in [1.807, 2.05) is 11.9 Å². The maximum atomic E-state index is 14.1. The average Bonchev–Trinajstić information content (AvgIpc) is 2.94. The van der Waals surface area contributed by atoms with Gasteiger partial charge in [0.25, 0.3) is 0 Å². The highest BCUT2D eigenvalue weighted by molar-refractivity contribution is 5.82. The molecule has 1 amide bonds. The molecule has 1 fully saturated rings. The number of carbonyl (C=O) groups is 1. The van der Waals surface area contributed by atoms with Crippen LogP contribution in [0.3, 0.4) is 0 Å². The van der Waals surface area contributed by atoms with E-state index in [0.29, 0.717) is 25.3 Å². The molecule has 1 N–H and O–H groups in total. The SMILES string of the molecule is CN1CCCCC[C@H]1C(=O)N1CCc2nc(-c3ccc(F)cc3F)[nH]c2C1. The van der Waals surface area contributed by atoms with E-state index in [4.69, 9.17) is 0 Å². The van der Waals surface area contributed by atoms with Crippen LogP contribution in [-0.2, 0) is 17.8 Å². The summed E-state index contributed by atoms with van der Waals surface area (Å²) < 4.78 is 27.2. The number of fused-ring (bicyclic) bond motifs is 1. The summed E-state index contributed by atoms with van der Waals surface area (Å²) in [5.74, 6) is -0.710. The van der Waals surface area contributed by atoms with Crippen LogP contribution in [0.4, 0.5) is 8.78 Å². The maximum Gasteiger partial charge on any atom is 0.240 e. The van der Waals surface area contributed by atoms with E-state index in [1.54, 1.807) is 0 Å². The van der Waals surface area contributed by atoms with Gasteiger partial charge in [-0.05, 0) is 38.6 Å². The van der Waals surface area contributed by atoms with Crippen LogP contribution in [0.5, 0.6) is 0 Å². The van der Waals surface area contributed by atoms with Crippen molar-refractivity contribution in [3.05, 3.63) is 41.2 Å². The van der Waals surface area contributed by atoms with Gasteiger partial charge in [0.05, 0.1) is 29.5 Å². The first-order valence-electron chi connectivity index (χ1n) is 9.55. The number of likely N-dealkylation sites (tertiary alicyclic amines) is 1. The Morgan fingerprint density at radius 2 is 2.07 bits per heavy atom. The molecular weight excluding hydrogens is 350 g/mol. The third-order valence-corrected chi connectivity index (χ3v) is 5.64. The minimum atomic E-state index is -0.644. The first-order chi connectivity index (χ1) is 13.0. The number of nitrogens with zero attached hydrogens (tertiary/aromatic N) is 3. The lowest BCUT2D eigenvalue weighted by molar-refractivity contribution is -0.137. The highest BCUT2D eigenvalue weighted by Crippen LogP contribution is 2.26. The van der Waals surface area contributed by atoms with E-state index in [9.17, 15) is 13.6 Å². The number of halogens is 2. The highest BCUT2D eigenvalue weighted by Gasteiger charge is 2.32. The Labute approximate surface area is 157 Å². The van der Waals surface area contributed by atoms with Gasteiger partial charge in [-0.2, -0.15) is 0 Å². The van der Waals surface area contributed by atoms with E-state index in [1.165, 1.54) is 18.6 Å². The average molecular weight is 374 g/mol. The Kier molecular flexibility index (Phi) is 4.95. The largest absolute Gasteiger partial charge is 0.340 e. The van der Waals surface area contributed by atoms with Gasteiger partial charge < -0.3 is 9.88 Å². The lowest BCUT2D eigenvalue weighted by atomic mass is 10.1. The smallest absolute Gasteiger partial charge is 0.240 e. The number of likely N-dealkylation sites (N-methyl/N-ethyl adjacent to an activating group) is 1. The molecule has 0 saturated carbocycles. The number of hydrogen-bond donors (Lipinski definition) is 1. The molecule has 0 bridgehead atoms. The van der Waals surface area contributed by atoms with Gasteiger partial charge in [-0.3, -0.25) is 9.69 Å². The first kappa shape index (κ1) is 18.1. The van der Waals surface area contributed by atoms with Gasteiger partial charge in [-0.25, -0.2) is 13.8 Å². The number of amides is 1. The topological polar surface area (TPSA) is 52.2 Å². The van der Waals surface area contributed by atoms with Gasteiger partial charge in [0.1, 0.15) is 17.5 Å². The molecule has 1 aromatic carbocycles. The second-order valence-electron chi connectivity index (χ2n) is 7.49. The molecule has 0 radical (unpaired) electrons. The van der Waals surface area contributed by atoms with Crippen molar-refractivity contribution in [2.45, 2.75) is 44.7 Å². The zero-order chi connectivity index (χ0) is 19.0. The van der Waals surface area contributed by atoms with Crippen LogP contribution >= 0.6 is 0 Å². The van der Waals surface area contributed by atoms with Gasteiger partial charge in [-0.1, -0.05) is 12.8 Å². The van der Waals surface area contributed by atoms with E-state index >= 15 is 0 Å². The Morgan fingerprint density at radius 1 is 1.22 bits per heavy atom. The minimum absolute atomic E-state index is 0.0639. The van der Waals surface area contributed by atoms with Crippen LogP contribution in [0.2, 0.25) is 0 Å². The molecule has 0 spiro atoms. The number of nitrogens with one attached hydrogen (secondary N) is 1. The first-order valence-corrected chi connectivity index (χ1v) is 9.55. The molecule has 2 aliphatic heterocycles. The van der Waals surface area contributed by atoms with Crippen LogP contribution in [0, 0.1) is 11.6 Å². The number of aromatic amines is 1. The Hall–Kier alpha value is -2.28. The third kappa shape index (κ3) is 3.60. The van der Waals surface area contributed by atoms with E-state index in [0.717, 1.165) is 43.3 Å². The Morgan fingerprint density at radius 3 is 2.89 bits per heavy atom. The van der Waals surface area contributed by atoms with E-state index in [2.05, 4.69) is 14.9 Å². The van der Waals surface area contributed by atoms with Crippen LogP contribution < -0.4 is 0 Å². The molecule has 2 aromatic rings. The fourth-order valence-corrected chi connectivity index (χ4v) is 4.07. The normalized spacial score (nSPS) is 21.0. The molecular formula is C20H24F2N4O. The lowest BCUT2D eigenvalue weighted by Gasteiger charge is -2.33. The van der Waals surface area contributed by atoms with Crippen molar-refractivity contribution in [2.24, 2.45) is 0 Å². The molecule has 7 heteroatoms. The number of aromatic nitrogens is 2. The van der Waals surface area contributed by atoms with Gasteiger partial charge in [0.15, 0.2) is 0 Å². The quantitative estimate of drug-likeness (QED) is 0.879. The molecule has 3 heterocycles.